The van der Waals surface area contributed by atoms with Gasteiger partial charge in [-0.1, -0.05) is 41.7 Å². The number of nitrogens with zero attached hydrogens (tertiary/aromatic N) is 1. The van der Waals surface area contributed by atoms with Gasteiger partial charge in [0, 0.05) is 0 Å². The van der Waals surface area contributed by atoms with Crippen LogP contribution < -0.4 is 9.61 Å². The third-order valence-corrected chi connectivity index (χ3v) is 4.00. The van der Waals surface area contributed by atoms with Gasteiger partial charge < -0.3 is 4.74 Å². The zero-order valence-electron chi connectivity index (χ0n) is 10.5. The minimum absolute atomic E-state index is 0.0621. The number of rotatable bonds is 3. The molecule has 0 radical (unpaired) electrons. The fourth-order valence-corrected chi connectivity index (χ4v) is 3.01. The van der Waals surface area contributed by atoms with Crippen molar-refractivity contribution in [3.63, 3.8) is 0 Å². The van der Waals surface area contributed by atoms with Gasteiger partial charge in [-0.15, -0.1) is 0 Å². The Kier molecular flexibility index (Phi) is 3.09. The van der Waals surface area contributed by atoms with E-state index in [2.05, 4.69) is 0 Å². The summed E-state index contributed by atoms with van der Waals surface area (Å²) in [5.74, 6) is 0.778. The molecule has 3 aromatic rings. The minimum Gasteiger partial charge on any atom is -0.497 e. The van der Waals surface area contributed by atoms with Crippen LogP contribution in [0.15, 0.2) is 53.3 Å². The number of fused-ring (bicyclic) bond motifs is 1. The highest BCUT2D eigenvalue weighted by Gasteiger charge is 2.08. The Bertz CT molecular complexity index is 759. The van der Waals surface area contributed by atoms with Gasteiger partial charge in [0.2, 0.25) is 0 Å². The molecule has 3 rings (SSSR count). The maximum atomic E-state index is 12.1. The normalized spacial score (nSPS) is 10.8. The lowest BCUT2D eigenvalue weighted by Gasteiger charge is -2.04. The van der Waals surface area contributed by atoms with E-state index in [4.69, 9.17) is 4.74 Å². The number of benzene rings is 2. The third-order valence-electron chi connectivity index (χ3n) is 3.06. The van der Waals surface area contributed by atoms with Crippen molar-refractivity contribution < 1.29 is 4.74 Å². The molecule has 0 aliphatic heterocycles. The topological polar surface area (TPSA) is 31.2 Å². The molecule has 0 fully saturated rings. The molecule has 0 aliphatic carbocycles. The Balaban J connectivity index is 2.09. The van der Waals surface area contributed by atoms with Crippen LogP contribution in [0.1, 0.15) is 5.56 Å². The molecule has 96 valence electrons. The summed E-state index contributed by atoms with van der Waals surface area (Å²) in [7, 11) is 1.63. The summed E-state index contributed by atoms with van der Waals surface area (Å²) >= 11 is 1.25. The Morgan fingerprint density at radius 3 is 2.68 bits per heavy atom. The van der Waals surface area contributed by atoms with Crippen LogP contribution in [0.4, 0.5) is 0 Å². The maximum Gasteiger partial charge on any atom is 0.308 e. The molecule has 1 aromatic heterocycles. The first-order chi connectivity index (χ1) is 9.28. The highest BCUT2D eigenvalue weighted by Crippen LogP contribution is 2.23. The molecule has 0 unspecified atom stereocenters. The predicted octanol–water partition coefficient (Wildman–Crippen LogP) is 3.12. The number of ether oxygens (including phenoxy) is 1. The maximum absolute atomic E-state index is 12.1. The van der Waals surface area contributed by atoms with Crippen molar-refractivity contribution in [1.29, 1.82) is 0 Å². The lowest BCUT2D eigenvalue weighted by Crippen LogP contribution is -2.13. The van der Waals surface area contributed by atoms with Gasteiger partial charge in [-0.05, 0) is 23.8 Å². The minimum atomic E-state index is 0.0621. The van der Waals surface area contributed by atoms with Gasteiger partial charge in [0.05, 0.1) is 23.9 Å². The van der Waals surface area contributed by atoms with E-state index in [9.17, 15) is 4.79 Å². The van der Waals surface area contributed by atoms with Crippen LogP contribution in [0, 0.1) is 0 Å². The Hall–Kier alpha value is -2.07. The number of methoxy groups -OCH3 is 1. The van der Waals surface area contributed by atoms with E-state index in [0.29, 0.717) is 6.54 Å². The second-order valence-electron chi connectivity index (χ2n) is 4.27. The van der Waals surface area contributed by atoms with E-state index in [0.717, 1.165) is 21.5 Å². The van der Waals surface area contributed by atoms with Gasteiger partial charge in [0.25, 0.3) is 0 Å². The summed E-state index contributed by atoms with van der Waals surface area (Å²) in [6.45, 7) is 0.603. The van der Waals surface area contributed by atoms with E-state index in [1.54, 1.807) is 11.7 Å². The first kappa shape index (κ1) is 12.0. The molecule has 3 nitrogen and oxygen atoms in total. The van der Waals surface area contributed by atoms with Gasteiger partial charge in [-0.3, -0.25) is 9.36 Å². The third kappa shape index (κ3) is 2.27. The molecule has 0 amide bonds. The summed E-state index contributed by atoms with van der Waals surface area (Å²) in [4.78, 5) is 12.1. The monoisotopic (exact) mass is 271 g/mol. The van der Waals surface area contributed by atoms with Gasteiger partial charge in [-0.25, -0.2) is 0 Å². The molecule has 0 N–H and O–H groups in total. The van der Waals surface area contributed by atoms with Crippen molar-refractivity contribution in [2.24, 2.45) is 0 Å². The molecule has 2 aromatic carbocycles. The summed E-state index contributed by atoms with van der Waals surface area (Å²) in [6.07, 6.45) is 0. The van der Waals surface area contributed by atoms with Crippen LogP contribution in [-0.2, 0) is 6.54 Å². The van der Waals surface area contributed by atoms with Crippen LogP contribution >= 0.6 is 11.3 Å². The average molecular weight is 271 g/mol. The fraction of sp³-hybridized carbons (Fsp3) is 0.133. The van der Waals surface area contributed by atoms with Crippen LogP contribution in [0.3, 0.4) is 0 Å². The molecule has 0 atom stereocenters. The lowest BCUT2D eigenvalue weighted by atomic mass is 10.2. The highest BCUT2D eigenvalue weighted by atomic mass is 32.1. The van der Waals surface area contributed by atoms with Gasteiger partial charge in [0.15, 0.2) is 0 Å². The molecular weight excluding hydrogens is 258 g/mol. The lowest BCUT2D eigenvalue weighted by molar-refractivity contribution is 0.415. The van der Waals surface area contributed by atoms with E-state index in [1.807, 2.05) is 48.5 Å². The summed E-state index contributed by atoms with van der Waals surface area (Å²) in [6, 6.07) is 15.7. The van der Waals surface area contributed by atoms with Crippen molar-refractivity contribution in [3.05, 3.63) is 63.8 Å². The first-order valence-electron chi connectivity index (χ1n) is 5.99. The molecule has 0 bridgehead atoms. The van der Waals surface area contributed by atoms with Crippen molar-refractivity contribution in [3.8, 4) is 5.75 Å². The number of hydrogen-bond donors (Lipinski definition) is 0. The molecule has 0 saturated carbocycles. The first-order valence-corrected chi connectivity index (χ1v) is 6.81. The van der Waals surface area contributed by atoms with Crippen LogP contribution in [0.2, 0.25) is 0 Å². The zero-order valence-corrected chi connectivity index (χ0v) is 11.3. The van der Waals surface area contributed by atoms with E-state index in [-0.39, 0.29) is 4.87 Å². The van der Waals surface area contributed by atoms with Crippen molar-refractivity contribution in [2.45, 2.75) is 6.54 Å². The largest absolute Gasteiger partial charge is 0.497 e. The Labute approximate surface area is 114 Å². The number of hydrogen-bond acceptors (Lipinski definition) is 3. The summed E-state index contributed by atoms with van der Waals surface area (Å²) in [5, 5.41) is 0. The predicted molar refractivity (Wildman–Crippen MR) is 78.2 cm³/mol. The zero-order chi connectivity index (χ0) is 13.2. The second-order valence-corrected chi connectivity index (χ2v) is 5.27. The van der Waals surface area contributed by atoms with E-state index < -0.39 is 0 Å². The summed E-state index contributed by atoms with van der Waals surface area (Å²) < 4.78 is 7.94. The van der Waals surface area contributed by atoms with Crippen molar-refractivity contribution in [1.82, 2.24) is 4.57 Å². The second kappa shape index (κ2) is 4.90. The number of thiazole rings is 1. The molecule has 0 aliphatic rings. The van der Waals surface area contributed by atoms with Gasteiger partial charge in [-0.2, -0.15) is 0 Å². The van der Waals surface area contributed by atoms with Crippen LogP contribution in [0.25, 0.3) is 10.2 Å². The van der Waals surface area contributed by atoms with E-state index in [1.165, 1.54) is 11.3 Å². The van der Waals surface area contributed by atoms with Crippen LogP contribution in [0.5, 0.6) is 5.75 Å². The van der Waals surface area contributed by atoms with Crippen molar-refractivity contribution >= 4 is 21.6 Å². The van der Waals surface area contributed by atoms with E-state index >= 15 is 0 Å². The average Bonchev–Trinajstić information content (AvgIpc) is 2.75. The van der Waals surface area contributed by atoms with Gasteiger partial charge in [0.1, 0.15) is 5.75 Å². The molecular formula is C15H13NO2S. The van der Waals surface area contributed by atoms with Gasteiger partial charge >= 0.3 is 4.87 Å². The number of aromatic nitrogens is 1. The molecule has 4 heteroatoms. The summed E-state index contributed by atoms with van der Waals surface area (Å²) in [5.41, 5.74) is 2.08. The SMILES string of the molecule is COc1ccc2c(c1)sc(=O)n2Cc1ccccc1. The van der Waals surface area contributed by atoms with Crippen LogP contribution in [-0.4, -0.2) is 11.7 Å². The molecule has 0 spiro atoms. The smallest absolute Gasteiger partial charge is 0.308 e. The highest BCUT2D eigenvalue weighted by molar-refractivity contribution is 7.16. The Morgan fingerprint density at radius 2 is 1.95 bits per heavy atom. The molecule has 1 heterocycles. The quantitative estimate of drug-likeness (QED) is 0.733. The standard InChI is InChI=1S/C15H13NO2S/c1-18-12-7-8-13-14(9-12)19-15(17)16(13)10-11-5-3-2-4-6-11/h2-9H,10H2,1H3. The molecule has 19 heavy (non-hydrogen) atoms. The fourth-order valence-electron chi connectivity index (χ4n) is 2.09. The van der Waals surface area contributed by atoms with Crippen molar-refractivity contribution in [2.75, 3.05) is 7.11 Å². The molecule has 0 saturated heterocycles. The Morgan fingerprint density at radius 1 is 1.16 bits per heavy atom.